The van der Waals surface area contributed by atoms with Gasteiger partial charge in [-0.05, 0) is 36.8 Å². The summed E-state index contributed by atoms with van der Waals surface area (Å²) in [6.07, 6.45) is 0.467. The van der Waals surface area contributed by atoms with E-state index in [-0.39, 0.29) is 12.0 Å². The zero-order valence-electron chi connectivity index (χ0n) is 14.1. The molecule has 24 heavy (non-hydrogen) atoms. The van der Waals surface area contributed by atoms with E-state index in [1.54, 1.807) is 14.0 Å². The molecule has 1 N–H and O–H groups in total. The molecule has 0 aliphatic heterocycles. The van der Waals surface area contributed by atoms with Gasteiger partial charge in [0, 0.05) is 17.7 Å². The molecular formula is C20H23NO3. The van der Waals surface area contributed by atoms with Crippen molar-refractivity contribution in [1.82, 2.24) is 0 Å². The molecule has 2 aromatic rings. The average Bonchev–Trinajstić information content (AvgIpc) is 2.62. The number of anilines is 1. The standard InChI is InChI=1S/C20H23NO3/c1-4-24-20(22)15(2)14-19(16-8-6-5-7-9-16)21-17-10-12-18(23-3)13-11-17/h5-13,19,21H,2,4,14H2,1,3H3. The van der Waals surface area contributed by atoms with E-state index in [0.29, 0.717) is 18.6 Å². The number of benzene rings is 2. The van der Waals surface area contributed by atoms with Crippen LogP contribution in [0.1, 0.15) is 24.9 Å². The van der Waals surface area contributed by atoms with Crippen LogP contribution in [-0.4, -0.2) is 19.7 Å². The summed E-state index contributed by atoms with van der Waals surface area (Å²) in [5.41, 5.74) is 2.48. The highest BCUT2D eigenvalue weighted by Gasteiger charge is 2.17. The highest BCUT2D eigenvalue weighted by atomic mass is 16.5. The van der Waals surface area contributed by atoms with E-state index in [0.717, 1.165) is 17.0 Å². The lowest BCUT2D eigenvalue weighted by Crippen LogP contribution is -2.16. The number of methoxy groups -OCH3 is 1. The van der Waals surface area contributed by atoms with Crippen LogP contribution in [-0.2, 0) is 9.53 Å². The fourth-order valence-corrected chi connectivity index (χ4v) is 2.39. The summed E-state index contributed by atoms with van der Waals surface area (Å²) in [6, 6.07) is 17.6. The highest BCUT2D eigenvalue weighted by Crippen LogP contribution is 2.27. The lowest BCUT2D eigenvalue weighted by atomic mass is 9.99. The zero-order chi connectivity index (χ0) is 17.4. The first-order chi connectivity index (χ1) is 11.6. The van der Waals surface area contributed by atoms with E-state index in [1.807, 2.05) is 54.6 Å². The molecule has 0 saturated heterocycles. The largest absolute Gasteiger partial charge is 0.497 e. The summed E-state index contributed by atoms with van der Waals surface area (Å²) in [6.45, 7) is 6.01. The van der Waals surface area contributed by atoms with Crippen molar-refractivity contribution in [2.24, 2.45) is 0 Å². The first kappa shape index (κ1) is 17.6. The highest BCUT2D eigenvalue weighted by molar-refractivity contribution is 5.87. The summed E-state index contributed by atoms with van der Waals surface area (Å²) in [5, 5.41) is 3.45. The van der Waals surface area contributed by atoms with Gasteiger partial charge in [0.15, 0.2) is 0 Å². The van der Waals surface area contributed by atoms with E-state index in [9.17, 15) is 4.79 Å². The molecule has 2 rings (SSSR count). The van der Waals surface area contributed by atoms with E-state index in [1.165, 1.54) is 0 Å². The number of carbonyl (C=O) groups excluding carboxylic acids is 1. The summed E-state index contributed by atoms with van der Waals surface area (Å²) in [5.74, 6) is 0.447. The fraction of sp³-hybridized carbons (Fsp3) is 0.250. The molecule has 0 bridgehead atoms. The van der Waals surface area contributed by atoms with E-state index in [2.05, 4.69) is 11.9 Å². The molecule has 0 fully saturated rings. The van der Waals surface area contributed by atoms with Gasteiger partial charge >= 0.3 is 5.97 Å². The van der Waals surface area contributed by atoms with E-state index in [4.69, 9.17) is 9.47 Å². The molecule has 0 aromatic heterocycles. The van der Waals surface area contributed by atoms with Crippen LogP contribution in [0.3, 0.4) is 0 Å². The summed E-state index contributed by atoms with van der Waals surface area (Å²) in [4.78, 5) is 11.9. The Morgan fingerprint density at radius 1 is 1.12 bits per heavy atom. The molecule has 0 radical (unpaired) electrons. The Labute approximate surface area is 143 Å². The average molecular weight is 325 g/mol. The van der Waals surface area contributed by atoms with Gasteiger partial charge in [-0.25, -0.2) is 4.79 Å². The van der Waals surface area contributed by atoms with Crippen molar-refractivity contribution in [3.05, 3.63) is 72.3 Å². The summed E-state index contributed by atoms with van der Waals surface area (Å²) in [7, 11) is 1.64. The maximum absolute atomic E-state index is 11.9. The van der Waals surface area contributed by atoms with Gasteiger partial charge in [-0.3, -0.25) is 0 Å². The van der Waals surface area contributed by atoms with Crippen molar-refractivity contribution in [3.8, 4) is 5.75 Å². The summed E-state index contributed by atoms with van der Waals surface area (Å²) >= 11 is 0. The first-order valence-electron chi connectivity index (χ1n) is 7.94. The molecule has 4 heteroatoms. The minimum absolute atomic E-state index is 0.0727. The Hall–Kier alpha value is -2.75. The molecule has 0 heterocycles. The third-order valence-corrected chi connectivity index (χ3v) is 3.65. The molecule has 0 aliphatic carbocycles. The predicted octanol–water partition coefficient (Wildman–Crippen LogP) is 4.36. The van der Waals surface area contributed by atoms with Crippen LogP contribution >= 0.6 is 0 Å². The minimum Gasteiger partial charge on any atom is -0.497 e. The number of hydrogen-bond acceptors (Lipinski definition) is 4. The third-order valence-electron chi connectivity index (χ3n) is 3.65. The quantitative estimate of drug-likeness (QED) is 0.579. The molecular weight excluding hydrogens is 302 g/mol. The molecule has 0 amide bonds. The van der Waals surface area contributed by atoms with Crippen molar-refractivity contribution in [2.45, 2.75) is 19.4 Å². The Kier molecular flexibility index (Phi) is 6.43. The second-order valence-electron chi connectivity index (χ2n) is 5.36. The van der Waals surface area contributed by atoms with Gasteiger partial charge in [-0.2, -0.15) is 0 Å². The lowest BCUT2D eigenvalue weighted by molar-refractivity contribution is -0.138. The number of hydrogen-bond donors (Lipinski definition) is 1. The van der Waals surface area contributed by atoms with E-state index < -0.39 is 0 Å². The molecule has 0 aliphatic rings. The second-order valence-corrected chi connectivity index (χ2v) is 5.36. The first-order valence-corrected chi connectivity index (χ1v) is 7.94. The van der Waals surface area contributed by atoms with Gasteiger partial charge in [0.1, 0.15) is 5.75 Å². The third kappa shape index (κ3) is 4.88. The van der Waals surface area contributed by atoms with Crippen LogP contribution < -0.4 is 10.1 Å². The summed E-state index contributed by atoms with van der Waals surface area (Å²) < 4.78 is 10.2. The Balaban J connectivity index is 2.16. The number of nitrogens with one attached hydrogen (secondary N) is 1. The number of carbonyl (C=O) groups is 1. The Morgan fingerprint density at radius 3 is 2.38 bits per heavy atom. The van der Waals surface area contributed by atoms with Crippen LogP contribution in [0, 0.1) is 0 Å². The normalized spacial score (nSPS) is 11.4. The molecule has 0 spiro atoms. The molecule has 0 saturated carbocycles. The van der Waals surface area contributed by atoms with Crippen LogP contribution in [0.2, 0.25) is 0 Å². The molecule has 4 nitrogen and oxygen atoms in total. The van der Waals surface area contributed by atoms with Crippen LogP contribution in [0.4, 0.5) is 5.69 Å². The monoisotopic (exact) mass is 325 g/mol. The van der Waals surface area contributed by atoms with Crippen LogP contribution in [0.25, 0.3) is 0 Å². The van der Waals surface area contributed by atoms with Crippen LogP contribution in [0.15, 0.2) is 66.7 Å². The predicted molar refractivity (Wildman–Crippen MR) is 96.2 cm³/mol. The molecule has 2 aromatic carbocycles. The van der Waals surface area contributed by atoms with Gasteiger partial charge in [0.05, 0.1) is 19.8 Å². The number of rotatable bonds is 8. The molecule has 126 valence electrons. The van der Waals surface area contributed by atoms with Crippen molar-refractivity contribution in [3.63, 3.8) is 0 Å². The van der Waals surface area contributed by atoms with Gasteiger partial charge in [0.25, 0.3) is 0 Å². The van der Waals surface area contributed by atoms with Crippen LogP contribution in [0.5, 0.6) is 5.75 Å². The fourth-order valence-electron chi connectivity index (χ4n) is 2.39. The number of esters is 1. The second kappa shape index (κ2) is 8.77. The van der Waals surface area contributed by atoms with Gasteiger partial charge < -0.3 is 14.8 Å². The molecule has 1 unspecified atom stereocenters. The van der Waals surface area contributed by atoms with Gasteiger partial charge in [0.2, 0.25) is 0 Å². The van der Waals surface area contributed by atoms with Crippen molar-refractivity contribution in [2.75, 3.05) is 19.0 Å². The van der Waals surface area contributed by atoms with Crippen molar-refractivity contribution in [1.29, 1.82) is 0 Å². The van der Waals surface area contributed by atoms with Crippen molar-refractivity contribution < 1.29 is 14.3 Å². The maximum atomic E-state index is 11.9. The van der Waals surface area contributed by atoms with Gasteiger partial charge in [-0.15, -0.1) is 0 Å². The maximum Gasteiger partial charge on any atom is 0.333 e. The zero-order valence-corrected chi connectivity index (χ0v) is 14.1. The Bertz CT molecular complexity index is 665. The topological polar surface area (TPSA) is 47.6 Å². The lowest BCUT2D eigenvalue weighted by Gasteiger charge is -2.21. The number of ether oxygens (including phenoxy) is 2. The Morgan fingerprint density at radius 2 is 1.79 bits per heavy atom. The minimum atomic E-state index is -0.352. The molecule has 1 atom stereocenters. The van der Waals surface area contributed by atoms with E-state index >= 15 is 0 Å². The van der Waals surface area contributed by atoms with Crippen molar-refractivity contribution >= 4 is 11.7 Å². The van der Waals surface area contributed by atoms with Gasteiger partial charge in [-0.1, -0.05) is 36.9 Å². The smallest absolute Gasteiger partial charge is 0.333 e. The SMILES string of the molecule is C=C(CC(Nc1ccc(OC)cc1)c1ccccc1)C(=O)OCC.